The molecule has 2 atom stereocenters. The Morgan fingerprint density at radius 3 is 2.87 bits per heavy atom. The molecule has 0 aliphatic carbocycles. The van der Waals surface area contributed by atoms with Gasteiger partial charge < -0.3 is 9.64 Å². The van der Waals surface area contributed by atoms with Crippen LogP contribution in [0.5, 0.6) is 5.75 Å². The minimum atomic E-state index is 0.0550. The van der Waals surface area contributed by atoms with Gasteiger partial charge >= 0.3 is 0 Å². The van der Waals surface area contributed by atoms with Crippen LogP contribution in [0.15, 0.2) is 65.6 Å². The molecule has 0 radical (unpaired) electrons. The van der Waals surface area contributed by atoms with E-state index in [1.165, 1.54) is 16.3 Å². The number of likely N-dealkylation sites (tertiary alicyclic amines) is 1. The Morgan fingerprint density at radius 1 is 1.06 bits per heavy atom. The summed E-state index contributed by atoms with van der Waals surface area (Å²) in [6, 6.07) is 18.6. The lowest BCUT2D eigenvalue weighted by molar-refractivity contribution is 0.214. The van der Waals surface area contributed by atoms with Crippen LogP contribution in [-0.2, 0) is 6.42 Å². The Hall–Kier alpha value is -3.18. The van der Waals surface area contributed by atoms with Crippen molar-refractivity contribution in [3.63, 3.8) is 0 Å². The maximum atomic E-state index is 13.0. The summed E-state index contributed by atoms with van der Waals surface area (Å²) in [5.74, 6) is 2.01. The third-order valence-electron chi connectivity index (χ3n) is 6.98. The van der Waals surface area contributed by atoms with E-state index in [9.17, 15) is 4.79 Å². The van der Waals surface area contributed by atoms with E-state index < -0.39 is 0 Å². The SMILES string of the molecule is Cc1nc2ccccn2c(=O)c1CCN1C[C@H]2COc3ccc4ccccc4c3[C@@H]2C1. The molecule has 5 nitrogen and oxygen atoms in total. The van der Waals surface area contributed by atoms with Crippen LogP contribution in [0.1, 0.15) is 22.7 Å². The summed E-state index contributed by atoms with van der Waals surface area (Å²) in [5.41, 5.74) is 3.79. The van der Waals surface area contributed by atoms with Crippen molar-refractivity contribution in [3.05, 3.63) is 88.0 Å². The van der Waals surface area contributed by atoms with Gasteiger partial charge in [-0.3, -0.25) is 9.20 Å². The average Bonchev–Trinajstić information content (AvgIpc) is 3.22. The maximum Gasteiger partial charge on any atom is 0.261 e. The largest absolute Gasteiger partial charge is 0.493 e. The van der Waals surface area contributed by atoms with E-state index in [-0.39, 0.29) is 5.56 Å². The first-order valence-electron chi connectivity index (χ1n) is 11.0. The van der Waals surface area contributed by atoms with Crippen LogP contribution >= 0.6 is 0 Å². The first-order valence-corrected chi connectivity index (χ1v) is 11.0. The van der Waals surface area contributed by atoms with Crippen LogP contribution in [-0.4, -0.2) is 40.5 Å². The number of aryl methyl sites for hydroxylation is 1. The number of ether oxygens (including phenoxy) is 1. The smallest absolute Gasteiger partial charge is 0.261 e. The first-order chi connectivity index (χ1) is 15.2. The van der Waals surface area contributed by atoms with Gasteiger partial charge in [0.05, 0.1) is 6.61 Å². The zero-order valence-corrected chi connectivity index (χ0v) is 17.6. The standard InChI is InChI=1S/C26H25N3O2/c1-17-20(26(30)29-12-5-4-8-24(29)27-17)11-13-28-14-19-16-31-23-10-9-18-6-2-3-7-21(18)25(23)22(19)15-28/h2-10,12,19,22H,11,13-16H2,1H3/t19-,22+/m0/s1. The van der Waals surface area contributed by atoms with Crippen molar-refractivity contribution >= 4 is 16.4 Å². The Bertz CT molecular complexity index is 1360. The van der Waals surface area contributed by atoms with Gasteiger partial charge in [-0.05, 0) is 42.3 Å². The van der Waals surface area contributed by atoms with Gasteiger partial charge in [0.15, 0.2) is 0 Å². The van der Waals surface area contributed by atoms with E-state index in [1.54, 1.807) is 10.6 Å². The summed E-state index contributed by atoms with van der Waals surface area (Å²) in [5, 5.41) is 2.58. The Kier molecular flexibility index (Phi) is 4.32. The van der Waals surface area contributed by atoms with E-state index >= 15 is 0 Å². The maximum absolute atomic E-state index is 13.0. The number of pyridine rings is 1. The summed E-state index contributed by atoms with van der Waals surface area (Å²) >= 11 is 0. The van der Waals surface area contributed by atoms with E-state index in [0.717, 1.165) is 49.7 Å². The third-order valence-corrected chi connectivity index (χ3v) is 6.98. The zero-order valence-electron chi connectivity index (χ0n) is 17.6. The minimum absolute atomic E-state index is 0.0550. The Labute approximate surface area is 180 Å². The molecule has 5 heteroatoms. The van der Waals surface area contributed by atoms with Crippen molar-refractivity contribution in [3.8, 4) is 5.75 Å². The summed E-state index contributed by atoms with van der Waals surface area (Å²) in [4.78, 5) is 20.1. The Balaban J connectivity index is 1.27. The first kappa shape index (κ1) is 18.6. The highest BCUT2D eigenvalue weighted by molar-refractivity contribution is 5.88. The van der Waals surface area contributed by atoms with Gasteiger partial charge in [0.1, 0.15) is 11.4 Å². The lowest BCUT2D eigenvalue weighted by Gasteiger charge is -2.29. The number of benzene rings is 2. The molecule has 4 heterocycles. The molecule has 156 valence electrons. The van der Waals surface area contributed by atoms with E-state index in [4.69, 9.17) is 4.74 Å². The van der Waals surface area contributed by atoms with E-state index in [1.807, 2.05) is 25.1 Å². The molecule has 2 aliphatic heterocycles. The fourth-order valence-electron chi connectivity index (χ4n) is 5.41. The molecule has 0 unspecified atom stereocenters. The highest BCUT2D eigenvalue weighted by Gasteiger charge is 2.39. The predicted octanol–water partition coefficient (Wildman–Crippen LogP) is 3.81. The van der Waals surface area contributed by atoms with Gasteiger partial charge in [-0.15, -0.1) is 0 Å². The van der Waals surface area contributed by atoms with Crippen LogP contribution in [0.2, 0.25) is 0 Å². The summed E-state index contributed by atoms with van der Waals surface area (Å²) in [7, 11) is 0. The number of fused-ring (bicyclic) bond motifs is 6. The fourth-order valence-corrected chi connectivity index (χ4v) is 5.41. The summed E-state index contributed by atoms with van der Waals surface area (Å²) in [6.45, 7) is 5.60. The summed E-state index contributed by atoms with van der Waals surface area (Å²) < 4.78 is 7.81. The molecule has 31 heavy (non-hydrogen) atoms. The predicted molar refractivity (Wildman–Crippen MR) is 122 cm³/mol. The molecule has 0 saturated carbocycles. The average molecular weight is 412 g/mol. The molecule has 2 aromatic heterocycles. The number of rotatable bonds is 3. The quantitative estimate of drug-likeness (QED) is 0.514. The molecule has 2 aliphatic rings. The minimum Gasteiger partial charge on any atom is -0.493 e. The second kappa shape index (κ2) is 7.20. The van der Waals surface area contributed by atoms with Crippen molar-refractivity contribution in [2.24, 2.45) is 5.92 Å². The monoisotopic (exact) mass is 411 g/mol. The highest BCUT2D eigenvalue weighted by atomic mass is 16.5. The third kappa shape index (κ3) is 3.03. The molecular weight excluding hydrogens is 386 g/mol. The van der Waals surface area contributed by atoms with E-state index in [0.29, 0.717) is 17.5 Å². The van der Waals surface area contributed by atoms with Crippen LogP contribution in [0.25, 0.3) is 16.4 Å². The summed E-state index contributed by atoms with van der Waals surface area (Å²) in [6.07, 6.45) is 2.52. The topological polar surface area (TPSA) is 46.8 Å². The van der Waals surface area contributed by atoms with Crippen molar-refractivity contribution in [1.82, 2.24) is 14.3 Å². The van der Waals surface area contributed by atoms with Crippen molar-refractivity contribution < 1.29 is 4.74 Å². The lowest BCUT2D eigenvalue weighted by Crippen LogP contribution is -2.28. The molecule has 0 N–H and O–H groups in total. The number of hydrogen-bond donors (Lipinski definition) is 0. The zero-order chi connectivity index (χ0) is 20.9. The second-order valence-corrected chi connectivity index (χ2v) is 8.80. The van der Waals surface area contributed by atoms with Gasteiger partial charge in [-0.2, -0.15) is 0 Å². The fraction of sp³-hybridized carbons (Fsp3) is 0.308. The van der Waals surface area contributed by atoms with Gasteiger partial charge in [-0.25, -0.2) is 4.98 Å². The van der Waals surface area contributed by atoms with Gasteiger partial charge in [-0.1, -0.05) is 36.4 Å². The van der Waals surface area contributed by atoms with E-state index in [2.05, 4.69) is 46.3 Å². The molecule has 2 aromatic carbocycles. The van der Waals surface area contributed by atoms with Crippen LogP contribution in [0.4, 0.5) is 0 Å². The van der Waals surface area contributed by atoms with Crippen molar-refractivity contribution in [1.29, 1.82) is 0 Å². The van der Waals surface area contributed by atoms with Crippen LogP contribution in [0.3, 0.4) is 0 Å². The van der Waals surface area contributed by atoms with Crippen molar-refractivity contribution in [2.75, 3.05) is 26.2 Å². The molecule has 1 saturated heterocycles. The van der Waals surface area contributed by atoms with Gasteiger partial charge in [0, 0.05) is 54.5 Å². The molecule has 1 fully saturated rings. The van der Waals surface area contributed by atoms with Crippen molar-refractivity contribution in [2.45, 2.75) is 19.3 Å². The lowest BCUT2D eigenvalue weighted by atomic mass is 9.84. The molecule has 0 spiro atoms. The van der Waals surface area contributed by atoms with Crippen LogP contribution in [0, 0.1) is 12.8 Å². The molecule has 4 aromatic rings. The molecular formula is C26H25N3O2. The number of nitrogens with zero attached hydrogens (tertiary/aromatic N) is 3. The molecule has 0 bridgehead atoms. The second-order valence-electron chi connectivity index (χ2n) is 8.80. The number of aromatic nitrogens is 2. The molecule has 6 rings (SSSR count). The number of hydrogen-bond acceptors (Lipinski definition) is 4. The van der Waals surface area contributed by atoms with Gasteiger partial charge in [0.2, 0.25) is 0 Å². The van der Waals surface area contributed by atoms with Gasteiger partial charge in [0.25, 0.3) is 5.56 Å². The van der Waals surface area contributed by atoms with Crippen LogP contribution < -0.4 is 10.3 Å². The normalized spacial score (nSPS) is 20.5. The Morgan fingerprint density at radius 2 is 1.94 bits per heavy atom. The molecule has 0 amide bonds. The highest BCUT2D eigenvalue weighted by Crippen LogP contribution is 2.45.